The van der Waals surface area contributed by atoms with Crippen LogP contribution in [0.3, 0.4) is 0 Å². The number of hydrogen-bond donors (Lipinski definition) is 1. The number of hydrogen-bond acceptors (Lipinski definition) is 4. The monoisotopic (exact) mass is 200 g/mol. The number of carbonyl (C=O) groups excluding carboxylic acids is 1. The third-order valence-corrected chi connectivity index (χ3v) is 3.03. The van der Waals surface area contributed by atoms with E-state index in [4.69, 9.17) is 9.84 Å². The molecule has 2 heterocycles. The predicted molar refractivity (Wildman–Crippen MR) is 44.5 cm³/mol. The molecular formula is C9H12O5. The SMILES string of the molecule is COC(=O)[C@H]1[C@H](C(=O)O)[C@H]2CC[C@H]1O2. The molecule has 14 heavy (non-hydrogen) atoms. The van der Waals surface area contributed by atoms with Crippen LogP contribution >= 0.6 is 0 Å². The minimum atomic E-state index is -0.965. The normalized spacial score (nSPS) is 39.8. The third kappa shape index (κ3) is 1.19. The van der Waals surface area contributed by atoms with E-state index in [1.54, 1.807) is 0 Å². The van der Waals surface area contributed by atoms with Crippen LogP contribution in [0.15, 0.2) is 0 Å². The van der Waals surface area contributed by atoms with E-state index in [1.165, 1.54) is 7.11 Å². The molecule has 0 radical (unpaired) electrons. The van der Waals surface area contributed by atoms with Crippen molar-refractivity contribution in [3.05, 3.63) is 0 Å². The molecule has 2 bridgehead atoms. The minimum absolute atomic E-state index is 0.256. The van der Waals surface area contributed by atoms with Gasteiger partial charge in [-0.1, -0.05) is 0 Å². The lowest BCUT2D eigenvalue weighted by molar-refractivity contribution is -0.156. The van der Waals surface area contributed by atoms with Gasteiger partial charge in [0.25, 0.3) is 0 Å². The summed E-state index contributed by atoms with van der Waals surface area (Å²) in [7, 11) is 1.27. The highest BCUT2D eigenvalue weighted by molar-refractivity contribution is 5.83. The Balaban J connectivity index is 2.21. The van der Waals surface area contributed by atoms with E-state index in [-0.39, 0.29) is 12.2 Å². The molecule has 2 rings (SSSR count). The molecule has 1 N–H and O–H groups in total. The predicted octanol–water partition coefficient (Wildman–Crippen LogP) is 0.0376. The van der Waals surface area contributed by atoms with Crippen molar-refractivity contribution >= 4 is 11.9 Å². The zero-order valence-corrected chi connectivity index (χ0v) is 7.80. The Hall–Kier alpha value is -1.10. The average Bonchev–Trinajstić information content (AvgIpc) is 2.74. The van der Waals surface area contributed by atoms with E-state index < -0.39 is 23.8 Å². The number of methoxy groups -OCH3 is 1. The van der Waals surface area contributed by atoms with Crippen molar-refractivity contribution in [2.24, 2.45) is 11.8 Å². The van der Waals surface area contributed by atoms with E-state index >= 15 is 0 Å². The van der Waals surface area contributed by atoms with Crippen LogP contribution in [0.1, 0.15) is 12.8 Å². The van der Waals surface area contributed by atoms with E-state index in [1.807, 2.05) is 0 Å². The summed E-state index contributed by atoms with van der Waals surface area (Å²) in [5.74, 6) is -2.77. The maximum atomic E-state index is 11.4. The van der Waals surface area contributed by atoms with Crippen LogP contribution in [0.5, 0.6) is 0 Å². The molecular weight excluding hydrogens is 188 g/mol. The summed E-state index contributed by atoms with van der Waals surface area (Å²) in [4.78, 5) is 22.3. The number of aliphatic carboxylic acids is 1. The minimum Gasteiger partial charge on any atom is -0.481 e. The van der Waals surface area contributed by atoms with Gasteiger partial charge in [0.1, 0.15) is 0 Å². The molecule has 0 aromatic carbocycles. The second-order valence-electron chi connectivity index (χ2n) is 3.70. The van der Waals surface area contributed by atoms with E-state index in [9.17, 15) is 9.59 Å². The van der Waals surface area contributed by atoms with Crippen LogP contribution in [0.4, 0.5) is 0 Å². The average molecular weight is 200 g/mol. The summed E-state index contributed by atoms with van der Waals surface area (Å²) in [6.45, 7) is 0. The molecule has 2 saturated heterocycles. The highest BCUT2D eigenvalue weighted by Crippen LogP contribution is 2.43. The fourth-order valence-electron chi connectivity index (χ4n) is 2.43. The third-order valence-electron chi connectivity index (χ3n) is 3.03. The Morgan fingerprint density at radius 2 is 1.86 bits per heavy atom. The van der Waals surface area contributed by atoms with Crippen LogP contribution in [0.2, 0.25) is 0 Å². The van der Waals surface area contributed by atoms with E-state index in [0.717, 1.165) is 12.8 Å². The number of rotatable bonds is 2. The molecule has 2 aliphatic heterocycles. The lowest BCUT2D eigenvalue weighted by atomic mass is 9.79. The standard InChI is InChI=1S/C9H12O5/c1-13-9(12)7-5-3-2-4(14-5)6(7)8(10)11/h4-7H,2-3H2,1H3,(H,10,11)/t4-,5-,6-,7-/m1/s1. The Morgan fingerprint density at radius 3 is 2.36 bits per heavy atom. The molecule has 5 heteroatoms. The van der Waals surface area contributed by atoms with Crippen LogP contribution in [-0.2, 0) is 19.1 Å². The smallest absolute Gasteiger partial charge is 0.312 e. The summed E-state index contributed by atoms with van der Waals surface area (Å²) in [5, 5.41) is 8.96. The number of ether oxygens (including phenoxy) is 2. The van der Waals surface area contributed by atoms with Crippen molar-refractivity contribution in [1.29, 1.82) is 0 Å². The molecule has 2 aliphatic rings. The maximum absolute atomic E-state index is 11.4. The number of carbonyl (C=O) groups is 2. The lowest BCUT2D eigenvalue weighted by Crippen LogP contribution is -2.38. The van der Waals surface area contributed by atoms with Gasteiger partial charge in [-0.3, -0.25) is 9.59 Å². The summed E-state index contributed by atoms with van der Waals surface area (Å²) in [6, 6.07) is 0. The first-order chi connectivity index (χ1) is 6.65. The quantitative estimate of drug-likeness (QED) is 0.637. The molecule has 0 aromatic heterocycles. The zero-order valence-electron chi connectivity index (χ0n) is 7.80. The van der Waals surface area contributed by atoms with Gasteiger partial charge >= 0.3 is 11.9 Å². The van der Waals surface area contributed by atoms with Crippen molar-refractivity contribution in [3.8, 4) is 0 Å². The molecule has 0 aromatic rings. The second-order valence-corrected chi connectivity index (χ2v) is 3.70. The Bertz CT molecular complexity index is 274. The van der Waals surface area contributed by atoms with Gasteiger partial charge < -0.3 is 14.6 Å². The fraction of sp³-hybridized carbons (Fsp3) is 0.778. The Kier molecular flexibility index (Phi) is 2.19. The van der Waals surface area contributed by atoms with Crippen LogP contribution in [-0.4, -0.2) is 36.4 Å². The van der Waals surface area contributed by atoms with Gasteiger partial charge in [-0.05, 0) is 12.8 Å². The molecule has 0 saturated carbocycles. The van der Waals surface area contributed by atoms with E-state index in [0.29, 0.717) is 0 Å². The van der Waals surface area contributed by atoms with Crippen molar-refractivity contribution in [1.82, 2.24) is 0 Å². The van der Waals surface area contributed by atoms with Crippen LogP contribution in [0.25, 0.3) is 0 Å². The van der Waals surface area contributed by atoms with Crippen molar-refractivity contribution in [2.75, 3.05) is 7.11 Å². The second kappa shape index (κ2) is 3.24. The maximum Gasteiger partial charge on any atom is 0.312 e. The summed E-state index contributed by atoms with van der Waals surface area (Å²) >= 11 is 0. The first-order valence-corrected chi connectivity index (χ1v) is 4.61. The number of fused-ring (bicyclic) bond motifs is 2. The molecule has 0 unspecified atom stereocenters. The molecule has 78 valence electrons. The first kappa shape index (κ1) is 9.45. The molecule has 0 amide bonds. The number of esters is 1. The molecule has 0 aliphatic carbocycles. The van der Waals surface area contributed by atoms with Crippen LogP contribution < -0.4 is 0 Å². The van der Waals surface area contributed by atoms with Crippen molar-refractivity contribution < 1.29 is 24.2 Å². The molecule has 2 fully saturated rings. The largest absolute Gasteiger partial charge is 0.481 e. The van der Waals surface area contributed by atoms with Crippen molar-refractivity contribution in [3.63, 3.8) is 0 Å². The fourth-order valence-corrected chi connectivity index (χ4v) is 2.43. The van der Waals surface area contributed by atoms with Gasteiger partial charge in [-0.15, -0.1) is 0 Å². The van der Waals surface area contributed by atoms with Gasteiger partial charge in [0.2, 0.25) is 0 Å². The molecule has 0 spiro atoms. The zero-order chi connectivity index (χ0) is 10.3. The van der Waals surface area contributed by atoms with Gasteiger partial charge in [0.15, 0.2) is 0 Å². The summed E-state index contributed by atoms with van der Waals surface area (Å²) < 4.78 is 9.98. The Labute approximate surface area is 81.0 Å². The lowest BCUT2D eigenvalue weighted by Gasteiger charge is -2.22. The topological polar surface area (TPSA) is 72.8 Å². The highest BCUT2D eigenvalue weighted by atomic mass is 16.5. The summed E-state index contributed by atoms with van der Waals surface area (Å²) in [5.41, 5.74) is 0. The summed E-state index contributed by atoms with van der Waals surface area (Å²) in [6.07, 6.45) is 0.929. The molecule has 5 nitrogen and oxygen atoms in total. The van der Waals surface area contributed by atoms with Gasteiger partial charge in [-0.25, -0.2) is 0 Å². The number of carboxylic acid groups (broad SMARTS) is 1. The van der Waals surface area contributed by atoms with Crippen molar-refractivity contribution in [2.45, 2.75) is 25.0 Å². The highest BCUT2D eigenvalue weighted by Gasteiger charge is 2.56. The Morgan fingerprint density at radius 1 is 1.29 bits per heavy atom. The molecule has 4 atom stereocenters. The van der Waals surface area contributed by atoms with Crippen LogP contribution in [0, 0.1) is 11.8 Å². The first-order valence-electron chi connectivity index (χ1n) is 4.61. The van der Waals surface area contributed by atoms with E-state index in [2.05, 4.69) is 4.74 Å². The van der Waals surface area contributed by atoms with Gasteiger partial charge in [0, 0.05) is 0 Å². The van der Waals surface area contributed by atoms with Gasteiger partial charge in [0.05, 0.1) is 31.2 Å². The van der Waals surface area contributed by atoms with Gasteiger partial charge in [-0.2, -0.15) is 0 Å². The number of carboxylic acids is 1.